The number of carbonyl (C=O) groups is 2. The second-order valence-corrected chi connectivity index (χ2v) is 6.94. The van der Waals surface area contributed by atoms with Crippen LogP contribution in [0, 0.1) is 0 Å². The van der Waals surface area contributed by atoms with Crippen molar-refractivity contribution in [3.63, 3.8) is 0 Å². The summed E-state index contributed by atoms with van der Waals surface area (Å²) in [6, 6.07) is 5.27. The Morgan fingerprint density at radius 1 is 1.39 bits per heavy atom. The summed E-state index contributed by atoms with van der Waals surface area (Å²) in [6.45, 7) is 0.962. The molecule has 3 rings (SSSR count). The lowest BCUT2D eigenvalue weighted by Gasteiger charge is -2.35. The molecule has 0 saturated heterocycles. The Bertz CT molecular complexity index is 823. The van der Waals surface area contributed by atoms with Gasteiger partial charge in [0.2, 0.25) is 5.91 Å². The molecule has 1 atom stereocenters. The van der Waals surface area contributed by atoms with Crippen LogP contribution < -0.4 is 15.0 Å². The number of nitrogens with zero attached hydrogens (tertiary/aromatic N) is 5. The van der Waals surface area contributed by atoms with Crippen molar-refractivity contribution >= 4 is 17.5 Å². The summed E-state index contributed by atoms with van der Waals surface area (Å²) >= 11 is 0. The third kappa shape index (κ3) is 4.56. The van der Waals surface area contributed by atoms with Crippen molar-refractivity contribution in [2.75, 3.05) is 39.2 Å². The summed E-state index contributed by atoms with van der Waals surface area (Å²) in [5, 5.41) is 16.6. The quantitative estimate of drug-likeness (QED) is 0.654. The van der Waals surface area contributed by atoms with Crippen LogP contribution in [0.25, 0.3) is 0 Å². The minimum absolute atomic E-state index is 0.0439. The van der Waals surface area contributed by atoms with Gasteiger partial charge in [0.1, 0.15) is 12.4 Å². The number of carbonyl (C=O) groups excluding carboxylic acids is 2. The fourth-order valence-electron chi connectivity index (χ4n) is 3.05. The smallest absolute Gasteiger partial charge is 0.253 e. The number of fused-ring (bicyclic) bond motifs is 1. The summed E-state index contributed by atoms with van der Waals surface area (Å²) in [5.41, 5.74) is 1.40. The first-order chi connectivity index (χ1) is 13.5. The molecule has 0 fully saturated rings. The minimum Gasteiger partial charge on any atom is -0.489 e. The topological polar surface area (TPSA) is 116 Å². The van der Waals surface area contributed by atoms with Gasteiger partial charge in [0.25, 0.3) is 5.91 Å². The zero-order chi connectivity index (χ0) is 20.1. The van der Waals surface area contributed by atoms with Gasteiger partial charge in [0, 0.05) is 39.7 Å². The molecule has 1 aliphatic rings. The van der Waals surface area contributed by atoms with Gasteiger partial charge < -0.3 is 19.9 Å². The Hall–Kier alpha value is -3.17. The van der Waals surface area contributed by atoms with E-state index in [0.29, 0.717) is 37.4 Å². The third-order valence-electron chi connectivity index (χ3n) is 4.68. The van der Waals surface area contributed by atoms with Gasteiger partial charge in [0.05, 0.1) is 18.2 Å². The average molecular weight is 387 g/mol. The maximum Gasteiger partial charge on any atom is 0.253 e. The lowest BCUT2D eigenvalue weighted by Crippen LogP contribution is -2.44. The Morgan fingerprint density at radius 2 is 2.21 bits per heavy atom. The number of tetrazole rings is 1. The number of amides is 2. The number of anilines is 1. The predicted molar refractivity (Wildman–Crippen MR) is 102 cm³/mol. The lowest BCUT2D eigenvalue weighted by molar-refractivity contribution is -0.121. The Labute approximate surface area is 163 Å². The van der Waals surface area contributed by atoms with Gasteiger partial charge in [-0.25, -0.2) is 0 Å². The molecule has 2 amide bonds. The van der Waals surface area contributed by atoms with Crippen molar-refractivity contribution in [1.82, 2.24) is 30.8 Å². The minimum atomic E-state index is -0.102. The molecule has 2 heterocycles. The van der Waals surface area contributed by atoms with Crippen LogP contribution in [0.5, 0.6) is 5.75 Å². The Kier molecular flexibility index (Phi) is 6.07. The summed E-state index contributed by atoms with van der Waals surface area (Å²) in [5.74, 6) is 1.24. The highest BCUT2D eigenvalue weighted by atomic mass is 16.5. The number of benzene rings is 1. The standard InChI is InChI=1S/C18H25N7O3/c1-24(2)18(27)12-6-7-15-14(9-12)25(3)13(11-28-15)10-17(26)19-8-4-5-16-20-22-23-21-16/h6-7,9,13H,4-5,8,10-11H2,1-3H3,(H,19,26)(H,20,21,22,23)/t13-/m0/s1. The molecule has 0 bridgehead atoms. The van der Waals surface area contributed by atoms with E-state index in [0.717, 1.165) is 17.9 Å². The molecule has 0 radical (unpaired) electrons. The normalized spacial score (nSPS) is 15.5. The molecule has 0 aliphatic carbocycles. The van der Waals surface area contributed by atoms with E-state index in [4.69, 9.17) is 4.74 Å². The molecule has 10 heteroatoms. The van der Waals surface area contributed by atoms with Crippen molar-refractivity contribution in [2.45, 2.75) is 25.3 Å². The number of likely N-dealkylation sites (N-methyl/N-ethyl adjacent to an activating group) is 1. The number of hydrogen-bond donors (Lipinski definition) is 2. The second-order valence-electron chi connectivity index (χ2n) is 6.94. The van der Waals surface area contributed by atoms with E-state index in [-0.39, 0.29) is 17.9 Å². The van der Waals surface area contributed by atoms with Gasteiger partial charge >= 0.3 is 0 Å². The van der Waals surface area contributed by atoms with Crippen molar-refractivity contribution in [2.24, 2.45) is 0 Å². The number of H-pyrrole nitrogens is 1. The van der Waals surface area contributed by atoms with E-state index in [1.807, 2.05) is 18.0 Å². The number of aromatic nitrogens is 4. The molecular weight excluding hydrogens is 362 g/mol. The number of hydrogen-bond acceptors (Lipinski definition) is 7. The highest BCUT2D eigenvalue weighted by molar-refractivity contribution is 5.95. The van der Waals surface area contributed by atoms with Gasteiger partial charge in [-0.15, -0.1) is 10.2 Å². The molecule has 28 heavy (non-hydrogen) atoms. The Morgan fingerprint density at radius 3 is 2.93 bits per heavy atom. The van der Waals surface area contributed by atoms with Gasteiger partial charge in [0.15, 0.2) is 5.82 Å². The lowest BCUT2D eigenvalue weighted by atomic mass is 10.1. The highest BCUT2D eigenvalue weighted by Gasteiger charge is 2.27. The van der Waals surface area contributed by atoms with Crippen LogP contribution in [0.2, 0.25) is 0 Å². The van der Waals surface area contributed by atoms with Crippen LogP contribution >= 0.6 is 0 Å². The fraction of sp³-hybridized carbons (Fsp3) is 0.500. The maximum absolute atomic E-state index is 12.3. The molecule has 0 unspecified atom stereocenters. The van der Waals surface area contributed by atoms with Gasteiger partial charge in [-0.3, -0.25) is 9.59 Å². The van der Waals surface area contributed by atoms with Crippen molar-refractivity contribution < 1.29 is 14.3 Å². The highest BCUT2D eigenvalue weighted by Crippen LogP contribution is 2.34. The van der Waals surface area contributed by atoms with Crippen molar-refractivity contribution in [1.29, 1.82) is 0 Å². The summed E-state index contributed by atoms with van der Waals surface area (Å²) in [4.78, 5) is 28.0. The predicted octanol–water partition coefficient (Wildman–Crippen LogP) is 0.238. The van der Waals surface area contributed by atoms with Crippen molar-refractivity contribution in [3.05, 3.63) is 29.6 Å². The summed E-state index contributed by atoms with van der Waals surface area (Å²) < 4.78 is 5.80. The van der Waals surface area contributed by atoms with Gasteiger partial charge in [-0.1, -0.05) is 5.21 Å². The number of aromatic amines is 1. The molecule has 0 spiro atoms. The van der Waals surface area contributed by atoms with E-state index in [9.17, 15) is 9.59 Å². The molecule has 2 N–H and O–H groups in total. The summed E-state index contributed by atoms with van der Waals surface area (Å²) in [6.07, 6.45) is 1.70. The van der Waals surface area contributed by atoms with Crippen LogP contribution in [-0.4, -0.2) is 77.7 Å². The molecule has 2 aromatic rings. The number of nitrogens with one attached hydrogen (secondary N) is 2. The van der Waals surface area contributed by atoms with Crippen LogP contribution in [0.3, 0.4) is 0 Å². The molecule has 1 aromatic heterocycles. The first kappa shape index (κ1) is 19.6. The molecule has 1 aliphatic heterocycles. The molecule has 0 saturated carbocycles. The van der Waals surface area contributed by atoms with E-state index in [1.54, 1.807) is 26.2 Å². The van der Waals surface area contributed by atoms with Crippen LogP contribution in [0.15, 0.2) is 18.2 Å². The zero-order valence-electron chi connectivity index (χ0n) is 16.3. The zero-order valence-corrected chi connectivity index (χ0v) is 16.3. The average Bonchev–Trinajstić information content (AvgIpc) is 3.20. The molecule has 10 nitrogen and oxygen atoms in total. The van der Waals surface area contributed by atoms with E-state index in [2.05, 4.69) is 25.9 Å². The molecular formula is C18H25N7O3. The van der Waals surface area contributed by atoms with E-state index >= 15 is 0 Å². The molecule has 150 valence electrons. The first-order valence-corrected chi connectivity index (χ1v) is 9.16. The largest absolute Gasteiger partial charge is 0.489 e. The van der Waals surface area contributed by atoms with Gasteiger partial charge in [-0.2, -0.15) is 5.21 Å². The Balaban J connectivity index is 1.54. The fourth-order valence-corrected chi connectivity index (χ4v) is 3.05. The second kappa shape index (κ2) is 8.68. The van der Waals surface area contributed by atoms with Crippen molar-refractivity contribution in [3.8, 4) is 5.75 Å². The van der Waals surface area contributed by atoms with E-state index < -0.39 is 0 Å². The van der Waals surface area contributed by atoms with Crippen LogP contribution in [-0.2, 0) is 11.2 Å². The van der Waals surface area contributed by atoms with Gasteiger partial charge in [-0.05, 0) is 24.6 Å². The van der Waals surface area contributed by atoms with E-state index in [1.165, 1.54) is 4.90 Å². The van der Waals surface area contributed by atoms with Crippen LogP contribution in [0.1, 0.15) is 29.0 Å². The third-order valence-corrected chi connectivity index (χ3v) is 4.68. The van der Waals surface area contributed by atoms with Crippen LogP contribution in [0.4, 0.5) is 5.69 Å². The molecule has 1 aromatic carbocycles. The SMILES string of the molecule is CN(C)C(=O)c1ccc2c(c1)N(C)[C@@H](CC(=O)NCCCc1nn[nH]n1)CO2. The first-order valence-electron chi connectivity index (χ1n) is 9.16. The number of aryl methyl sites for hydroxylation is 1. The number of ether oxygens (including phenoxy) is 1. The monoisotopic (exact) mass is 387 g/mol. The number of rotatable bonds is 7. The summed E-state index contributed by atoms with van der Waals surface area (Å²) in [7, 11) is 5.35. The maximum atomic E-state index is 12.3.